The minimum atomic E-state index is -4.66. The molecule has 2 unspecified atom stereocenters. The van der Waals surface area contributed by atoms with Crippen molar-refractivity contribution in [2.45, 2.75) is 322 Å². The van der Waals surface area contributed by atoms with E-state index in [0.29, 0.717) is 23.9 Å². The number of unbranched alkanes of at least 4 members (excludes halogenated alkanes) is 36. The lowest BCUT2D eigenvalue weighted by Crippen LogP contribution is -2.37. The smallest absolute Gasteiger partial charge is 0.306 e. The van der Waals surface area contributed by atoms with E-state index in [9.17, 15) is 19.0 Å². The molecule has 0 aliphatic heterocycles. The normalized spacial score (nSPS) is 13.7. The molecule has 9 nitrogen and oxygen atoms in total. The van der Waals surface area contributed by atoms with Crippen LogP contribution >= 0.6 is 7.82 Å². The van der Waals surface area contributed by atoms with Crippen molar-refractivity contribution in [1.82, 2.24) is 0 Å². The number of quaternary nitrogens is 1. The third-order valence-electron chi connectivity index (χ3n) is 15.2. The molecule has 0 N–H and O–H groups in total. The fourth-order valence-corrected chi connectivity index (χ4v) is 10.6. The standard InChI is InChI=1S/C73H132NO8P/c1-6-8-10-12-14-16-18-20-22-24-26-28-30-31-32-33-34-35-36-37-38-39-40-41-42-44-45-47-49-51-53-55-57-59-61-63-65-72(75)79-69-71(70-81-83(77,78)80-68-67-74(3,4)5)82-73(76)66-64-62-60-58-56-54-52-50-48-46-43-29-27-25-23-21-19-17-15-13-11-9-7-2/h9,11,15,17,21,23,27,29,46,48,52,54,58,60,71H,6-8,10,12-14,16,18-20,22,24-26,28,30-45,47,49-51,53,55-57,59,61-70H2,1-5H3/b11-9-,17-15-,23-21-,29-27-,48-46-,54-52-,60-58-. The Hall–Kier alpha value is -2.81. The predicted octanol–water partition coefficient (Wildman–Crippen LogP) is 21.9. The van der Waals surface area contributed by atoms with Crippen molar-refractivity contribution in [3.63, 3.8) is 0 Å². The number of phosphoric ester groups is 1. The molecular weight excluding hydrogens is 1050 g/mol. The summed E-state index contributed by atoms with van der Waals surface area (Å²) in [7, 11) is 1.13. The Bertz CT molecular complexity index is 1680. The molecule has 0 rings (SSSR count). The number of carbonyl (C=O) groups excluding carboxylic acids is 2. The topological polar surface area (TPSA) is 111 Å². The average Bonchev–Trinajstić information content (AvgIpc) is 3.49. The summed E-state index contributed by atoms with van der Waals surface area (Å²) in [6.07, 6.45) is 87.0. The summed E-state index contributed by atoms with van der Waals surface area (Å²) in [5, 5.41) is 0. The molecule has 0 aromatic carbocycles. The van der Waals surface area contributed by atoms with Crippen LogP contribution in [0.3, 0.4) is 0 Å². The Kier molecular flexibility index (Phi) is 61.5. The van der Waals surface area contributed by atoms with E-state index in [1.165, 1.54) is 212 Å². The lowest BCUT2D eigenvalue weighted by molar-refractivity contribution is -0.870. The molecule has 0 fully saturated rings. The number of rotatable bonds is 64. The zero-order chi connectivity index (χ0) is 60.5. The first-order valence-electron chi connectivity index (χ1n) is 34.8. The van der Waals surface area contributed by atoms with Gasteiger partial charge in [-0.05, 0) is 64.2 Å². The minimum Gasteiger partial charge on any atom is -0.756 e. The fraction of sp³-hybridized carbons (Fsp3) is 0.781. The van der Waals surface area contributed by atoms with E-state index < -0.39 is 32.5 Å². The highest BCUT2D eigenvalue weighted by atomic mass is 31.2. The van der Waals surface area contributed by atoms with E-state index in [1.54, 1.807) is 0 Å². The molecule has 0 saturated heterocycles. The van der Waals surface area contributed by atoms with Gasteiger partial charge >= 0.3 is 11.9 Å². The van der Waals surface area contributed by atoms with Gasteiger partial charge in [0.1, 0.15) is 19.8 Å². The lowest BCUT2D eigenvalue weighted by atomic mass is 10.0. The molecule has 482 valence electrons. The van der Waals surface area contributed by atoms with Crippen molar-refractivity contribution in [3.05, 3.63) is 85.1 Å². The molecule has 2 atom stereocenters. The third kappa shape index (κ3) is 68.2. The monoisotopic (exact) mass is 1180 g/mol. The van der Waals surface area contributed by atoms with Crippen LogP contribution in [0.4, 0.5) is 0 Å². The number of nitrogens with zero attached hydrogens (tertiary/aromatic N) is 1. The highest BCUT2D eigenvalue weighted by Crippen LogP contribution is 2.38. The summed E-state index contributed by atoms with van der Waals surface area (Å²) in [5.41, 5.74) is 0. The number of carbonyl (C=O) groups is 2. The maximum absolute atomic E-state index is 12.8. The molecule has 83 heavy (non-hydrogen) atoms. The first kappa shape index (κ1) is 80.2. The summed E-state index contributed by atoms with van der Waals surface area (Å²) in [6, 6.07) is 0. The number of ether oxygens (including phenoxy) is 2. The molecule has 0 radical (unpaired) electrons. The molecule has 0 aliphatic rings. The number of allylic oxidation sites excluding steroid dienone is 14. The van der Waals surface area contributed by atoms with E-state index in [1.807, 2.05) is 27.2 Å². The number of hydrogen-bond donors (Lipinski definition) is 0. The Labute approximate surface area is 513 Å². The highest BCUT2D eigenvalue weighted by molar-refractivity contribution is 7.45. The Balaban J connectivity index is 4.03. The van der Waals surface area contributed by atoms with E-state index in [-0.39, 0.29) is 26.1 Å². The summed E-state index contributed by atoms with van der Waals surface area (Å²) >= 11 is 0. The van der Waals surface area contributed by atoms with Crippen LogP contribution < -0.4 is 4.89 Å². The van der Waals surface area contributed by atoms with Gasteiger partial charge in [0.15, 0.2) is 6.10 Å². The molecule has 0 spiro atoms. The second kappa shape index (κ2) is 63.7. The molecule has 0 saturated carbocycles. The Morgan fingerprint density at radius 2 is 0.687 bits per heavy atom. The van der Waals surface area contributed by atoms with Crippen molar-refractivity contribution in [1.29, 1.82) is 0 Å². The molecule has 0 aromatic heterocycles. The molecule has 10 heteroatoms. The van der Waals surface area contributed by atoms with Crippen molar-refractivity contribution < 1.29 is 42.1 Å². The van der Waals surface area contributed by atoms with Crippen LogP contribution in [0.25, 0.3) is 0 Å². The van der Waals surface area contributed by atoms with E-state index in [0.717, 1.165) is 64.2 Å². The van der Waals surface area contributed by atoms with Gasteiger partial charge in [-0.15, -0.1) is 0 Å². The van der Waals surface area contributed by atoms with Crippen molar-refractivity contribution in [2.75, 3.05) is 47.5 Å². The second-order valence-corrected chi connectivity index (χ2v) is 25.9. The van der Waals surface area contributed by atoms with Crippen LogP contribution in [0.1, 0.15) is 316 Å². The maximum Gasteiger partial charge on any atom is 0.306 e. The van der Waals surface area contributed by atoms with Crippen molar-refractivity contribution >= 4 is 19.8 Å². The van der Waals surface area contributed by atoms with Crippen LogP contribution in [0.15, 0.2) is 85.1 Å². The molecular formula is C73H132NO8P. The lowest BCUT2D eigenvalue weighted by Gasteiger charge is -2.28. The number of phosphoric acid groups is 1. The SMILES string of the molecule is CC/C=C\C/C=C\C/C=C\C/C=C\C/C=C\C/C=C\C/C=C\CCCC(=O)OC(COC(=O)CCCCCCCCCCCCCCCCCCCCCCCCCCCCCCCCCCCCCC)COP(=O)([O-])OCC[N+](C)(C)C. The highest BCUT2D eigenvalue weighted by Gasteiger charge is 2.22. The predicted molar refractivity (Wildman–Crippen MR) is 356 cm³/mol. The summed E-state index contributed by atoms with van der Waals surface area (Å²) in [6.45, 7) is 4.09. The largest absolute Gasteiger partial charge is 0.756 e. The van der Waals surface area contributed by atoms with Gasteiger partial charge in [0, 0.05) is 12.8 Å². The zero-order valence-corrected chi connectivity index (χ0v) is 55.8. The van der Waals surface area contributed by atoms with Gasteiger partial charge in [-0.2, -0.15) is 0 Å². The number of esters is 2. The van der Waals surface area contributed by atoms with Crippen molar-refractivity contribution in [2.24, 2.45) is 0 Å². The Morgan fingerprint density at radius 3 is 1.01 bits per heavy atom. The molecule has 0 aliphatic carbocycles. The zero-order valence-electron chi connectivity index (χ0n) is 54.9. The number of likely N-dealkylation sites (N-methyl/N-ethyl adjacent to an activating group) is 1. The quantitative estimate of drug-likeness (QED) is 0.0195. The van der Waals surface area contributed by atoms with Gasteiger partial charge in [-0.25, -0.2) is 0 Å². The maximum atomic E-state index is 12.8. The van der Waals surface area contributed by atoms with E-state index in [2.05, 4.69) is 92.8 Å². The molecule has 0 heterocycles. The summed E-state index contributed by atoms with van der Waals surface area (Å²) < 4.78 is 34.2. The van der Waals surface area contributed by atoms with Crippen LogP contribution in [0.5, 0.6) is 0 Å². The molecule has 0 aromatic rings. The molecule has 0 amide bonds. The van der Waals surface area contributed by atoms with Crippen LogP contribution in [-0.2, 0) is 32.7 Å². The van der Waals surface area contributed by atoms with Crippen LogP contribution in [-0.4, -0.2) is 70.0 Å². The van der Waals surface area contributed by atoms with Gasteiger partial charge in [0.25, 0.3) is 7.82 Å². The van der Waals surface area contributed by atoms with Gasteiger partial charge in [0.2, 0.25) is 0 Å². The fourth-order valence-electron chi connectivity index (χ4n) is 9.89. The van der Waals surface area contributed by atoms with Gasteiger partial charge in [-0.3, -0.25) is 14.2 Å². The summed E-state index contributed by atoms with van der Waals surface area (Å²) in [5.74, 6) is -0.896. The summed E-state index contributed by atoms with van der Waals surface area (Å²) in [4.78, 5) is 38.0. The molecule has 0 bridgehead atoms. The first-order valence-corrected chi connectivity index (χ1v) is 36.3. The van der Waals surface area contributed by atoms with Crippen LogP contribution in [0.2, 0.25) is 0 Å². The van der Waals surface area contributed by atoms with E-state index in [4.69, 9.17) is 18.5 Å². The van der Waals surface area contributed by atoms with Gasteiger partial charge in [-0.1, -0.05) is 324 Å². The number of hydrogen-bond acceptors (Lipinski definition) is 8. The average molecular weight is 1180 g/mol. The van der Waals surface area contributed by atoms with Gasteiger partial charge < -0.3 is 27.9 Å². The van der Waals surface area contributed by atoms with Crippen molar-refractivity contribution in [3.8, 4) is 0 Å². The third-order valence-corrected chi connectivity index (χ3v) is 16.1. The first-order chi connectivity index (χ1) is 40.5. The van der Waals surface area contributed by atoms with E-state index >= 15 is 0 Å². The van der Waals surface area contributed by atoms with Gasteiger partial charge in [0.05, 0.1) is 27.7 Å². The van der Waals surface area contributed by atoms with Crippen LogP contribution in [0, 0.1) is 0 Å². The minimum absolute atomic E-state index is 0.0445. The second-order valence-electron chi connectivity index (χ2n) is 24.5. The Morgan fingerprint density at radius 1 is 0.386 bits per heavy atom.